The molecule has 0 radical (unpaired) electrons. The number of rotatable bonds is 6. The third-order valence-corrected chi connectivity index (χ3v) is 6.17. The summed E-state index contributed by atoms with van der Waals surface area (Å²) in [7, 11) is 4.58. The summed E-state index contributed by atoms with van der Waals surface area (Å²) >= 11 is 3.63. The zero-order valence-corrected chi connectivity index (χ0v) is 18.5. The van der Waals surface area contributed by atoms with Crippen LogP contribution in [0.3, 0.4) is 0 Å². The molecule has 2 aromatic carbocycles. The molecule has 2 heterocycles. The van der Waals surface area contributed by atoms with Crippen molar-refractivity contribution < 1.29 is 28.8 Å². The lowest BCUT2D eigenvalue weighted by Gasteiger charge is -2.37. The van der Waals surface area contributed by atoms with Crippen LogP contribution in [0.25, 0.3) is 10.9 Å². The molecule has 0 bridgehead atoms. The number of methoxy groups -OCH3 is 3. The number of fused-ring (bicyclic) bond motifs is 3. The second-order valence-corrected chi connectivity index (χ2v) is 7.91. The van der Waals surface area contributed by atoms with Crippen LogP contribution in [0.2, 0.25) is 0 Å². The minimum atomic E-state index is -1.23. The summed E-state index contributed by atoms with van der Waals surface area (Å²) in [5, 5.41) is 10.9. The first kappa shape index (κ1) is 20.6. The van der Waals surface area contributed by atoms with E-state index in [1.165, 1.54) is 21.3 Å². The maximum absolute atomic E-state index is 12.0. The molecule has 2 N–H and O–H groups in total. The molecule has 0 aliphatic carbocycles. The van der Waals surface area contributed by atoms with Crippen molar-refractivity contribution >= 4 is 32.8 Å². The highest BCUT2D eigenvalue weighted by molar-refractivity contribution is 9.10. The van der Waals surface area contributed by atoms with Crippen molar-refractivity contribution in [3.05, 3.63) is 51.6 Å². The number of H-pyrrole nitrogens is 1. The van der Waals surface area contributed by atoms with Gasteiger partial charge >= 0.3 is 5.97 Å². The van der Waals surface area contributed by atoms with Crippen molar-refractivity contribution in [2.45, 2.75) is 18.4 Å². The van der Waals surface area contributed by atoms with Crippen LogP contribution in [0.1, 0.15) is 23.2 Å². The number of aliphatic carboxylic acids is 1. The van der Waals surface area contributed by atoms with E-state index < -0.39 is 11.6 Å². The molecule has 7 nitrogen and oxygen atoms in total. The molecule has 1 aliphatic heterocycles. The highest BCUT2D eigenvalue weighted by Gasteiger charge is 2.45. The number of benzene rings is 2. The summed E-state index contributed by atoms with van der Waals surface area (Å²) in [6, 6.07) is 9.39. The Morgan fingerprint density at radius 3 is 2.50 bits per heavy atom. The molecule has 1 atom stereocenters. The van der Waals surface area contributed by atoms with Crippen molar-refractivity contribution in [3.8, 4) is 17.2 Å². The fourth-order valence-corrected chi connectivity index (χ4v) is 4.87. The van der Waals surface area contributed by atoms with Gasteiger partial charge in [-0.25, -0.2) is 0 Å². The lowest BCUT2D eigenvalue weighted by molar-refractivity contribution is -0.144. The van der Waals surface area contributed by atoms with E-state index in [0.717, 1.165) is 26.6 Å². The van der Waals surface area contributed by atoms with E-state index in [0.29, 0.717) is 35.8 Å². The maximum Gasteiger partial charge on any atom is 0.307 e. The topological polar surface area (TPSA) is 90.0 Å². The maximum atomic E-state index is 12.0. The second-order valence-electron chi connectivity index (χ2n) is 7.05. The summed E-state index contributed by atoms with van der Waals surface area (Å²) in [6.45, 7) is 0.380. The molecule has 4 rings (SSSR count). The molecule has 1 aromatic heterocycles. The van der Waals surface area contributed by atoms with Gasteiger partial charge in [0.15, 0.2) is 11.5 Å². The van der Waals surface area contributed by atoms with Crippen LogP contribution in [-0.4, -0.2) is 44.0 Å². The molecule has 3 aromatic rings. The first-order valence-electron chi connectivity index (χ1n) is 9.41. The summed E-state index contributed by atoms with van der Waals surface area (Å²) in [6.07, 6.45) is 0.410. The molecule has 1 unspecified atom stereocenters. The fraction of sp³-hybridized carbons (Fsp3) is 0.318. The Morgan fingerprint density at radius 1 is 1.20 bits per heavy atom. The number of halogens is 1. The predicted octanol–water partition coefficient (Wildman–Crippen LogP) is 4.25. The number of carbonyl (C=O) groups is 1. The summed E-state index contributed by atoms with van der Waals surface area (Å²) in [5.41, 5.74) is 2.07. The Bertz CT molecular complexity index is 1100. The van der Waals surface area contributed by atoms with Gasteiger partial charge < -0.3 is 29.0 Å². The zero-order chi connectivity index (χ0) is 21.5. The molecular formula is C22H22BrNO6. The van der Waals surface area contributed by atoms with Crippen molar-refractivity contribution in [3.63, 3.8) is 0 Å². The Hall–Kier alpha value is -2.71. The van der Waals surface area contributed by atoms with E-state index in [1.54, 1.807) is 12.1 Å². The molecule has 0 saturated carbocycles. The van der Waals surface area contributed by atoms with Gasteiger partial charge in [-0.3, -0.25) is 4.79 Å². The highest BCUT2D eigenvalue weighted by atomic mass is 79.9. The van der Waals surface area contributed by atoms with Crippen molar-refractivity contribution in [1.82, 2.24) is 4.98 Å². The first-order valence-corrected chi connectivity index (χ1v) is 10.2. The van der Waals surface area contributed by atoms with Crippen LogP contribution in [0, 0.1) is 0 Å². The smallest absolute Gasteiger partial charge is 0.307 e. The molecule has 0 amide bonds. The third kappa shape index (κ3) is 3.11. The highest BCUT2D eigenvalue weighted by Crippen LogP contribution is 2.49. The second kappa shape index (κ2) is 7.85. The fourth-order valence-electron chi connectivity index (χ4n) is 4.26. The lowest BCUT2D eigenvalue weighted by Crippen LogP contribution is -2.39. The van der Waals surface area contributed by atoms with Gasteiger partial charge in [0.05, 0.1) is 40.1 Å². The van der Waals surface area contributed by atoms with Crippen LogP contribution in [0.15, 0.2) is 34.8 Å². The van der Waals surface area contributed by atoms with Gasteiger partial charge in [0.2, 0.25) is 5.75 Å². The predicted molar refractivity (Wildman–Crippen MR) is 115 cm³/mol. The van der Waals surface area contributed by atoms with E-state index in [2.05, 4.69) is 20.9 Å². The number of hydrogen-bond donors (Lipinski definition) is 2. The van der Waals surface area contributed by atoms with Gasteiger partial charge in [-0.2, -0.15) is 0 Å². The first-order chi connectivity index (χ1) is 14.4. The summed E-state index contributed by atoms with van der Waals surface area (Å²) in [4.78, 5) is 15.4. The monoisotopic (exact) mass is 475 g/mol. The molecule has 0 spiro atoms. The summed E-state index contributed by atoms with van der Waals surface area (Å²) in [5.74, 6) is 0.327. The molecular weight excluding hydrogens is 454 g/mol. The van der Waals surface area contributed by atoms with E-state index >= 15 is 0 Å². The number of aromatic amines is 1. The van der Waals surface area contributed by atoms with Crippen LogP contribution >= 0.6 is 15.9 Å². The van der Waals surface area contributed by atoms with Crippen LogP contribution < -0.4 is 14.2 Å². The average Bonchev–Trinajstić information content (AvgIpc) is 3.13. The minimum Gasteiger partial charge on any atom is -0.493 e. The molecule has 0 saturated heterocycles. The van der Waals surface area contributed by atoms with Crippen LogP contribution in [-0.2, 0) is 21.6 Å². The molecule has 1 aliphatic rings. The van der Waals surface area contributed by atoms with E-state index in [-0.39, 0.29) is 6.42 Å². The quantitative estimate of drug-likeness (QED) is 0.553. The third-order valence-electron chi connectivity index (χ3n) is 5.51. The Balaban J connectivity index is 2.04. The summed E-state index contributed by atoms with van der Waals surface area (Å²) < 4.78 is 23.6. The van der Waals surface area contributed by atoms with E-state index in [1.807, 2.05) is 18.2 Å². The van der Waals surface area contributed by atoms with Crippen molar-refractivity contribution in [2.75, 3.05) is 27.9 Å². The van der Waals surface area contributed by atoms with Gasteiger partial charge in [0.25, 0.3) is 0 Å². The van der Waals surface area contributed by atoms with E-state index in [4.69, 9.17) is 18.9 Å². The minimum absolute atomic E-state index is 0.261. The number of carboxylic acids is 1. The van der Waals surface area contributed by atoms with Crippen LogP contribution in [0.4, 0.5) is 0 Å². The Kier molecular flexibility index (Phi) is 5.38. The lowest BCUT2D eigenvalue weighted by atomic mass is 9.82. The number of carboxylic acid groups (broad SMARTS) is 1. The largest absolute Gasteiger partial charge is 0.493 e. The Labute approximate surface area is 182 Å². The van der Waals surface area contributed by atoms with Crippen molar-refractivity contribution in [2.24, 2.45) is 0 Å². The normalized spacial score (nSPS) is 18.1. The molecule has 30 heavy (non-hydrogen) atoms. The van der Waals surface area contributed by atoms with Gasteiger partial charge in [-0.15, -0.1) is 0 Å². The van der Waals surface area contributed by atoms with Crippen molar-refractivity contribution in [1.29, 1.82) is 0 Å². The van der Waals surface area contributed by atoms with Gasteiger partial charge in [0.1, 0.15) is 5.60 Å². The standard InChI is InChI=1S/C22H22BrNO6/c1-27-16-9-12(10-17(28-2)20(16)29-3)22(11-18(25)26)21-13(7-8-30-22)19-14(23)5-4-6-15(19)24-21/h4-6,9-10,24H,7-8,11H2,1-3H3,(H,25,26). The van der Waals surface area contributed by atoms with Crippen LogP contribution in [0.5, 0.6) is 17.2 Å². The SMILES string of the molecule is COc1cc(C2(CC(=O)O)OCCc3c2[nH]c2cccc(Br)c32)cc(OC)c1OC. The van der Waals surface area contributed by atoms with Gasteiger partial charge in [0, 0.05) is 15.4 Å². The van der Waals surface area contributed by atoms with Gasteiger partial charge in [-0.1, -0.05) is 22.0 Å². The van der Waals surface area contributed by atoms with Gasteiger partial charge in [-0.05, 0) is 41.8 Å². The zero-order valence-electron chi connectivity index (χ0n) is 16.9. The molecule has 8 heteroatoms. The Morgan fingerprint density at radius 2 is 1.90 bits per heavy atom. The van der Waals surface area contributed by atoms with E-state index in [9.17, 15) is 9.90 Å². The number of nitrogens with one attached hydrogen (secondary N) is 1. The average molecular weight is 476 g/mol. The number of aromatic nitrogens is 1. The molecule has 0 fully saturated rings. The molecule has 158 valence electrons. The number of ether oxygens (including phenoxy) is 4. The number of hydrogen-bond acceptors (Lipinski definition) is 5.